The van der Waals surface area contributed by atoms with Gasteiger partial charge in [-0.3, -0.25) is 14.4 Å². The Labute approximate surface area is 104 Å². The fourth-order valence-corrected chi connectivity index (χ4v) is 2.89. The fourth-order valence-electron chi connectivity index (χ4n) is 2.89. The van der Waals surface area contributed by atoms with Crippen molar-refractivity contribution in [2.45, 2.75) is 19.4 Å². The van der Waals surface area contributed by atoms with E-state index in [0.29, 0.717) is 6.42 Å². The first-order valence-electron chi connectivity index (χ1n) is 5.86. The van der Waals surface area contributed by atoms with Gasteiger partial charge in [-0.2, -0.15) is 0 Å². The molecule has 1 fully saturated rings. The van der Waals surface area contributed by atoms with Crippen LogP contribution < -0.4 is 5.32 Å². The molecule has 18 heavy (non-hydrogen) atoms. The third-order valence-corrected chi connectivity index (χ3v) is 3.78. The molecule has 2 aliphatic carbocycles. The molecule has 2 rings (SSSR count). The van der Waals surface area contributed by atoms with E-state index in [2.05, 4.69) is 5.32 Å². The van der Waals surface area contributed by atoms with Crippen molar-refractivity contribution in [2.75, 3.05) is 0 Å². The van der Waals surface area contributed by atoms with Crippen molar-refractivity contribution in [2.24, 2.45) is 23.7 Å². The van der Waals surface area contributed by atoms with Gasteiger partial charge in [-0.05, 0) is 25.2 Å². The Balaban J connectivity index is 2.12. The summed E-state index contributed by atoms with van der Waals surface area (Å²) in [6.45, 7) is 1.36. The molecule has 1 saturated carbocycles. The molecule has 0 aromatic heterocycles. The number of fused-ring (bicyclic) bond motifs is 2. The Bertz CT molecular complexity index is 430. The van der Waals surface area contributed by atoms with Gasteiger partial charge in [0.1, 0.15) is 6.04 Å². The van der Waals surface area contributed by atoms with Crippen molar-refractivity contribution >= 4 is 17.8 Å². The summed E-state index contributed by atoms with van der Waals surface area (Å²) in [5.41, 5.74) is 0. The first kappa shape index (κ1) is 12.6. The zero-order valence-electron chi connectivity index (χ0n) is 9.87. The Kier molecular flexibility index (Phi) is 3.11. The van der Waals surface area contributed by atoms with E-state index >= 15 is 0 Å². The van der Waals surface area contributed by atoms with Gasteiger partial charge in [-0.1, -0.05) is 12.2 Å². The van der Waals surface area contributed by atoms with Crippen LogP contribution in [0.3, 0.4) is 0 Å². The van der Waals surface area contributed by atoms with Crippen LogP contribution >= 0.6 is 0 Å². The monoisotopic (exact) mass is 253 g/mol. The average molecular weight is 253 g/mol. The molecule has 3 N–H and O–H groups in total. The largest absolute Gasteiger partial charge is 0.481 e. The summed E-state index contributed by atoms with van der Waals surface area (Å²) in [5.74, 6) is -4.18. The molecule has 0 saturated heterocycles. The van der Waals surface area contributed by atoms with E-state index < -0.39 is 35.7 Å². The molecule has 0 aliphatic heterocycles. The second-order valence-corrected chi connectivity index (χ2v) is 4.91. The Morgan fingerprint density at radius 3 is 2.22 bits per heavy atom. The van der Waals surface area contributed by atoms with Crippen molar-refractivity contribution < 1.29 is 24.6 Å². The summed E-state index contributed by atoms with van der Waals surface area (Å²) < 4.78 is 0. The number of carbonyl (C=O) groups is 3. The number of carboxylic acids is 2. The van der Waals surface area contributed by atoms with Gasteiger partial charge in [0, 0.05) is 0 Å². The molecule has 1 amide bonds. The van der Waals surface area contributed by atoms with Crippen LogP contribution in [0.2, 0.25) is 0 Å². The van der Waals surface area contributed by atoms with Crippen LogP contribution in [-0.2, 0) is 14.4 Å². The second-order valence-electron chi connectivity index (χ2n) is 4.91. The molecular weight excluding hydrogens is 238 g/mol. The predicted octanol–water partition coefficient (Wildman–Crippen LogP) is 0.0986. The van der Waals surface area contributed by atoms with Gasteiger partial charge in [0.15, 0.2) is 0 Å². The second kappa shape index (κ2) is 4.44. The van der Waals surface area contributed by atoms with Crippen LogP contribution in [0.25, 0.3) is 0 Å². The number of hydrogen-bond acceptors (Lipinski definition) is 3. The molecule has 0 aromatic carbocycles. The summed E-state index contributed by atoms with van der Waals surface area (Å²) in [6.07, 6.45) is 4.37. The highest BCUT2D eigenvalue weighted by atomic mass is 16.4. The summed E-state index contributed by atoms with van der Waals surface area (Å²) in [5, 5.41) is 20.3. The minimum atomic E-state index is -1.13. The van der Waals surface area contributed by atoms with Crippen molar-refractivity contribution in [3.63, 3.8) is 0 Å². The van der Waals surface area contributed by atoms with E-state index in [9.17, 15) is 14.4 Å². The van der Waals surface area contributed by atoms with Crippen LogP contribution in [0.4, 0.5) is 0 Å². The van der Waals surface area contributed by atoms with Crippen molar-refractivity contribution in [1.82, 2.24) is 5.32 Å². The topological polar surface area (TPSA) is 104 Å². The number of carbonyl (C=O) groups excluding carboxylic acids is 1. The molecule has 0 radical (unpaired) electrons. The predicted molar refractivity (Wildman–Crippen MR) is 60.6 cm³/mol. The van der Waals surface area contributed by atoms with E-state index in [1.807, 2.05) is 12.2 Å². The highest BCUT2D eigenvalue weighted by molar-refractivity contribution is 5.89. The molecule has 6 heteroatoms. The zero-order valence-corrected chi connectivity index (χ0v) is 9.87. The number of rotatable bonds is 4. The number of hydrogen-bond donors (Lipinski definition) is 3. The third kappa shape index (κ3) is 1.98. The maximum absolute atomic E-state index is 12.0. The lowest BCUT2D eigenvalue weighted by Gasteiger charge is -2.24. The number of carboxylic acid groups (broad SMARTS) is 2. The SMILES string of the molecule is C[C@@H](NC(=O)[C@H]1[C@@H](C(=O)O)[C@H]2C=C[C@H]1C2)C(=O)O. The normalized spacial score (nSPS) is 34.3. The van der Waals surface area contributed by atoms with Gasteiger partial charge in [-0.15, -0.1) is 0 Å². The number of allylic oxidation sites excluding steroid dienone is 2. The molecule has 2 aliphatic rings. The molecule has 0 aromatic rings. The maximum Gasteiger partial charge on any atom is 0.325 e. The Morgan fingerprint density at radius 2 is 1.72 bits per heavy atom. The standard InChI is InChI=1S/C12H15NO5/c1-5(11(15)16)13-10(14)8-6-2-3-7(4-6)9(8)12(17)18/h2-3,5-9H,4H2,1H3,(H,13,14)(H,15,16)(H,17,18)/t5-,6+,7+,8-,9+/m1/s1. The van der Waals surface area contributed by atoms with Crippen LogP contribution in [0.1, 0.15) is 13.3 Å². The van der Waals surface area contributed by atoms with E-state index in [1.165, 1.54) is 6.92 Å². The summed E-state index contributed by atoms with van der Waals surface area (Å²) >= 11 is 0. The molecule has 2 bridgehead atoms. The van der Waals surface area contributed by atoms with Crippen LogP contribution in [0, 0.1) is 23.7 Å². The van der Waals surface area contributed by atoms with Gasteiger partial charge in [0.05, 0.1) is 11.8 Å². The minimum absolute atomic E-state index is 0.0860. The molecule has 0 heterocycles. The molecule has 0 unspecified atom stereocenters. The lowest BCUT2D eigenvalue weighted by Crippen LogP contribution is -2.46. The first-order valence-corrected chi connectivity index (χ1v) is 5.86. The minimum Gasteiger partial charge on any atom is -0.481 e. The van der Waals surface area contributed by atoms with Crippen molar-refractivity contribution in [1.29, 1.82) is 0 Å². The van der Waals surface area contributed by atoms with E-state index in [-0.39, 0.29) is 11.8 Å². The van der Waals surface area contributed by atoms with Crippen LogP contribution in [0.15, 0.2) is 12.2 Å². The van der Waals surface area contributed by atoms with Crippen molar-refractivity contribution in [3.05, 3.63) is 12.2 Å². The fraction of sp³-hybridized carbons (Fsp3) is 0.583. The molecule has 6 nitrogen and oxygen atoms in total. The number of nitrogens with one attached hydrogen (secondary N) is 1. The van der Waals surface area contributed by atoms with Gasteiger partial charge >= 0.3 is 11.9 Å². The first-order chi connectivity index (χ1) is 8.41. The Hall–Kier alpha value is -1.85. The van der Waals surface area contributed by atoms with Gasteiger partial charge in [0.2, 0.25) is 5.91 Å². The lowest BCUT2D eigenvalue weighted by molar-refractivity contribution is -0.148. The summed E-state index contributed by atoms with van der Waals surface area (Å²) in [6, 6.07) is -1.00. The summed E-state index contributed by atoms with van der Waals surface area (Å²) in [7, 11) is 0. The smallest absolute Gasteiger partial charge is 0.325 e. The Morgan fingerprint density at radius 1 is 1.17 bits per heavy atom. The molecular formula is C12H15NO5. The molecule has 98 valence electrons. The van der Waals surface area contributed by atoms with E-state index in [4.69, 9.17) is 10.2 Å². The maximum atomic E-state index is 12.0. The van der Waals surface area contributed by atoms with E-state index in [1.54, 1.807) is 0 Å². The van der Waals surface area contributed by atoms with E-state index in [0.717, 1.165) is 0 Å². The van der Waals surface area contributed by atoms with Crippen LogP contribution in [-0.4, -0.2) is 34.1 Å². The molecule has 5 atom stereocenters. The van der Waals surface area contributed by atoms with Crippen molar-refractivity contribution in [3.8, 4) is 0 Å². The highest BCUT2D eigenvalue weighted by Crippen LogP contribution is 2.48. The average Bonchev–Trinajstić information content (AvgIpc) is 2.87. The third-order valence-electron chi connectivity index (χ3n) is 3.78. The number of aliphatic carboxylic acids is 2. The van der Waals surface area contributed by atoms with Gasteiger partial charge in [0.25, 0.3) is 0 Å². The lowest BCUT2D eigenvalue weighted by atomic mass is 9.82. The van der Waals surface area contributed by atoms with Gasteiger partial charge < -0.3 is 15.5 Å². The quantitative estimate of drug-likeness (QED) is 0.616. The zero-order chi connectivity index (χ0) is 13.4. The van der Waals surface area contributed by atoms with Gasteiger partial charge in [-0.25, -0.2) is 0 Å². The molecule has 0 spiro atoms. The highest BCUT2D eigenvalue weighted by Gasteiger charge is 2.51. The number of amides is 1. The van der Waals surface area contributed by atoms with Crippen LogP contribution in [0.5, 0.6) is 0 Å². The summed E-state index contributed by atoms with van der Waals surface area (Å²) in [4.78, 5) is 33.9.